The number of ether oxygens (including phenoxy) is 2. The number of aryl methyl sites for hydroxylation is 1. The summed E-state index contributed by atoms with van der Waals surface area (Å²) in [6, 6.07) is 3.50. The fraction of sp³-hybridized carbons (Fsp3) is 0.613. The Balaban J connectivity index is 0.000000308. The molecule has 3 saturated heterocycles. The predicted molar refractivity (Wildman–Crippen MR) is 155 cm³/mol. The lowest BCUT2D eigenvalue weighted by atomic mass is 9.90. The van der Waals surface area contributed by atoms with Crippen LogP contribution < -0.4 is 15.4 Å². The second-order valence-corrected chi connectivity index (χ2v) is 12.3. The molecule has 43 heavy (non-hydrogen) atoms. The van der Waals surface area contributed by atoms with Crippen molar-refractivity contribution in [3.63, 3.8) is 0 Å². The second-order valence-electron chi connectivity index (χ2n) is 12.3. The number of hydrogen-bond acceptors (Lipinski definition) is 8. The molecule has 4 unspecified atom stereocenters. The van der Waals surface area contributed by atoms with E-state index in [4.69, 9.17) is 15.2 Å². The molecular weight excluding hydrogens is 566 g/mol. The number of nitrogens with two attached hydrogens (primary N) is 1. The minimum absolute atomic E-state index is 0.0109. The third kappa shape index (κ3) is 6.91. The SMILES string of the molecule is COc1nc2c(c(N3CC(C)CC(CO)C3)n1)COC(c1cc(N)cc(C)c1C(F)(F)F)C2.F/C=C1/CC2CCCN2C1. The minimum atomic E-state index is -4.53. The van der Waals surface area contributed by atoms with E-state index >= 15 is 0 Å². The maximum Gasteiger partial charge on any atom is 0.417 e. The van der Waals surface area contributed by atoms with Gasteiger partial charge in [-0.3, -0.25) is 4.90 Å². The molecule has 236 valence electrons. The lowest BCUT2D eigenvalue weighted by molar-refractivity contribution is -0.140. The van der Waals surface area contributed by atoms with Gasteiger partial charge in [0, 0.05) is 50.0 Å². The third-order valence-electron chi connectivity index (χ3n) is 8.92. The molecule has 5 heterocycles. The number of nitrogens with zero attached hydrogens (tertiary/aromatic N) is 4. The number of halogens is 4. The number of rotatable bonds is 4. The standard InChI is InChI=1S/C23H29F3N4O3.C8H12FN/c1-12-4-14(10-31)9-30(8-12)21-17-11-33-19(7-18(17)28-22(29-21)32-3)16-6-15(27)5-13(2)20(16)23(24,25)26;9-5-7-4-8-2-1-3-10(8)6-7/h5-6,12,14,19,31H,4,7-11,27H2,1-3H3;5,8H,1-4,6H2/b;7-5-. The highest BCUT2D eigenvalue weighted by atomic mass is 19.4. The Bertz CT molecular complexity index is 1320. The number of hydrogen-bond donors (Lipinski definition) is 2. The van der Waals surface area contributed by atoms with E-state index in [0.717, 1.165) is 43.4 Å². The van der Waals surface area contributed by atoms with E-state index in [1.807, 2.05) is 0 Å². The van der Waals surface area contributed by atoms with Crippen LogP contribution in [0, 0.1) is 18.8 Å². The molecule has 4 aliphatic rings. The first-order valence-corrected chi connectivity index (χ1v) is 14.9. The van der Waals surface area contributed by atoms with Crippen molar-refractivity contribution in [3.8, 4) is 6.01 Å². The van der Waals surface area contributed by atoms with E-state index in [1.54, 1.807) is 0 Å². The summed E-state index contributed by atoms with van der Waals surface area (Å²) in [5, 5.41) is 9.70. The fourth-order valence-corrected chi connectivity index (χ4v) is 7.09. The molecule has 0 bridgehead atoms. The van der Waals surface area contributed by atoms with Crippen LogP contribution >= 0.6 is 0 Å². The second kappa shape index (κ2) is 13.0. The molecule has 3 N–H and O–H groups in total. The normalized spacial score (nSPS) is 26.6. The Labute approximate surface area is 249 Å². The number of methoxy groups -OCH3 is 1. The maximum atomic E-state index is 13.9. The van der Waals surface area contributed by atoms with Gasteiger partial charge in [0.2, 0.25) is 0 Å². The summed E-state index contributed by atoms with van der Waals surface area (Å²) in [6.07, 6.45) is 0.0323. The first kappa shape index (κ1) is 31.5. The molecule has 0 amide bonds. The summed E-state index contributed by atoms with van der Waals surface area (Å²) in [4.78, 5) is 13.5. The van der Waals surface area contributed by atoms with Crippen LogP contribution in [0.15, 0.2) is 24.0 Å². The molecule has 0 spiro atoms. The van der Waals surface area contributed by atoms with Crippen LogP contribution in [-0.2, 0) is 23.9 Å². The smallest absolute Gasteiger partial charge is 0.417 e. The van der Waals surface area contributed by atoms with Gasteiger partial charge in [-0.2, -0.15) is 23.1 Å². The number of aromatic nitrogens is 2. The van der Waals surface area contributed by atoms with Crippen LogP contribution in [0.1, 0.15) is 66.7 Å². The van der Waals surface area contributed by atoms with Crippen molar-refractivity contribution in [2.75, 3.05) is 50.5 Å². The molecule has 2 aromatic rings. The van der Waals surface area contributed by atoms with Crippen LogP contribution in [0.3, 0.4) is 0 Å². The van der Waals surface area contributed by atoms with Crippen LogP contribution in [0.2, 0.25) is 0 Å². The van der Waals surface area contributed by atoms with Gasteiger partial charge in [-0.25, -0.2) is 4.39 Å². The molecule has 1 aromatic heterocycles. The van der Waals surface area contributed by atoms with Gasteiger partial charge in [-0.05, 0) is 79.8 Å². The van der Waals surface area contributed by atoms with Crippen molar-refractivity contribution < 1.29 is 32.1 Å². The number of fused-ring (bicyclic) bond motifs is 2. The van der Waals surface area contributed by atoms with Crippen LogP contribution in [0.5, 0.6) is 6.01 Å². The number of anilines is 2. The molecule has 8 nitrogen and oxygen atoms in total. The first-order chi connectivity index (χ1) is 20.5. The predicted octanol–water partition coefficient (Wildman–Crippen LogP) is 5.37. The van der Waals surface area contributed by atoms with E-state index in [9.17, 15) is 22.7 Å². The highest BCUT2D eigenvalue weighted by molar-refractivity contribution is 5.54. The molecule has 12 heteroatoms. The molecule has 3 fully saturated rings. The Morgan fingerprint density at radius 3 is 2.67 bits per heavy atom. The Hall–Kier alpha value is -2.96. The van der Waals surface area contributed by atoms with Crippen molar-refractivity contribution in [1.82, 2.24) is 14.9 Å². The van der Waals surface area contributed by atoms with E-state index in [-0.39, 0.29) is 48.4 Å². The Kier molecular flexibility index (Phi) is 9.48. The van der Waals surface area contributed by atoms with E-state index < -0.39 is 17.8 Å². The van der Waals surface area contributed by atoms with Gasteiger partial charge >= 0.3 is 12.2 Å². The number of nitrogen functional groups attached to an aromatic ring is 1. The Morgan fingerprint density at radius 2 is 2.00 bits per heavy atom. The molecule has 4 aliphatic heterocycles. The molecule has 6 rings (SSSR count). The van der Waals surface area contributed by atoms with E-state index in [0.29, 0.717) is 30.0 Å². The van der Waals surface area contributed by atoms with Crippen molar-refractivity contribution >= 4 is 11.5 Å². The van der Waals surface area contributed by atoms with Gasteiger partial charge in [0.15, 0.2) is 0 Å². The monoisotopic (exact) mass is 607 g/mol. The van der Waals surface area contributed by atoms with Gasteiger partial charge in [0.25, 0.3) is 0 Å². The fourth-order valence-electron chi connectivity index (χ4n) is 7.09. The molecule has 1 aromatic carbocycles. The van der Waals surface area contributed by atoms with Gasteiger partial charge in [0.1, 0.15) is 5.82 Å². The average Bonchev–Trinajstić information content (AvgIpc) is 3.57. The number of piperidine rings is 1. The summed E-state index contributed by atoms with van der Waals surface area (Å²) in [5.74, 6) is 1.13. The van der Waals surface area contributed by atoms with Gasteiger partial charge in [-0.15, -0.1) is 0 Å². The maximum absolute atomic E-state index is 13.9. The van der Waals surface area contributed by atoms with Crippen molar-refractivity contribution in [2.45, 2.75) is 70.9 Å². The summed E-state index contributed by atoms with van der Waals surface area (Å²) in [7, 11) is 1.46. The molecular formula is C31H41F4N5O3. The highest BCUT2D eigenvalue weighted by Gasteiger charge is 2.39. The van der Waals surface area contributed by atoms with Crippen LogP contribution in [0.25, 0.3) is 0 Å². The number of aliphatic hydroxyl groups is 1. The summed E-state index contributed by atoms with van der Waals surface area (Å²) in [5.41, 5.74) is 7.82. The van der Waals surface area contributed by atoms with E-state index in [2.05, 4.69) is 26.7 Å². The lowest BCUT2D eigenvalue weighted by Gasteiger charge is -2.38. The van der Waals surface area contributed by atoms with Crippen molar-refractivity contribution in [2.24, 2.45) is 11.8 Å². The summed E-state index contributed by atoms with van der Waals surface area (Å²) >= 11 is 0. The topological polar surface area (TPSA) is 97.0 Å². The zero-order valence-corrected chi connectivity index (χ0v) is 25.0. The minimum Gasteiger partial charge on any atom is -0.467 e. The largest absolute Gasteiger partial charge is 0.467 e. The quantitative estimate of drug-likeness (QED) is 0.354. The molecule has 0 saturated carbocycles. The van der Waals surface area contributed by atoms with Gasteiger partial charge in [-0.1, -0.05) is 6.92 Å². The molecule has 0 aliphatic carbocycles. The highest BCUT2D eigenvalue weighted by Crippen LogP contribution is 2.43. The van der Waals surface area contributed by atoms with Crippen LogP contribution in [0.4, 0.5) is 29.1 Å². The zero-order chi connectivity index (χ0) is 30.9. The lowest BCUT2D eigenvalue weighted by Crippen LogP contribution is -2.42. The van der Waals surface area contributed by atoms with Gasteiger partial charge in [0.05, 0.1) is 37.4 Å². The molecule has 0 radical (unpaired) electrons. The molecule has 4 atom stereocenters. The summed E-state index contributed by atoms with van der Waals surface area (Å²) < 4.78 is 64.9. The Morgan fingerprint density at radius 1 is 1.21 bits per heavy atom. The third-order valence-corrected chi connectivity index (χ3v) is 8.92. The van der Waals surface area contributed by atoms with Crippen LogP contribution in [-0.4, -0.2) is 65.9 Å². The summed E-state index contributed by atoms with van der Waals surface area (Å²) in [6.45, 7) is 7.12. The number of alkyl halides is 3. The van der Waals surface area contributed by atoms with Gasteiger partial charge < -0.3 is 25.2 Å². The average molecular weight is 608 g/mol. The number of aliphatic hydroxyl groups excluding tert-OH is 1. The number of benzene rings is 1. The zero-order valence-electron chi connectivity index (χ0n) is 25.0. The van der Waals surface area contributed by atoms with Crippen molar-refractivity contribution in [1.29, 1.82) is 0 Å². The first-order valence-electron chi connectivity index (χ1n) is 14.9. The van der Waals surface area contributed by atoms with E-state index in [1.165, 1.54) is 45.6 Å². The van der Waals surface area contributed by atoms with Crippen molar-refractivity contribution in [3.05, 3.63) is 52.0 Å².